The summed E-state index contributed by atoms with van der Waals surface area (Å²) in [4.78, 5) is 14.0. The van der Waals surface area contributed by atoms with Gasteiger partial charge in [0.15, 0.2) is 5.54 Å². The van der Waals surface area contributed by atoms with Crippen LogP contribution in [0.15, 0.2) is 48.5 Å². The fraction of sp³-hybridized carbons (Fsp3) is 0.278. The molecule has 0 amide bonds. The maximum Gasteiger partial charge on any atom is 0.333 e. The first-order valence-electron chi connectivity index (χ1n) is 6.94. The fourth-order valence-corrected chi connectivity index (χ4v) is 2.98. The van der Waals surface area contributed by atoms with E-state index in [1.54, 1.807) is 19.0 Å². The number of carbonyl (C=O) groups is 1. The van der Waals surface area contributed by atoms with Gasteiger partial charge in [-0.15, -0.1) is 0 Å². The summed E-state index contributed by atoms with van der Waals surface area (Å²) in [7, 11) is 3.61. The highest BCUT2D eigenvalue weighted by Crippen LogP contribution is 2.36. The Morgan fingerprint density at radius 1 is 1.05 bits per heavy atom. The van der Waals surface area contributed by atoms with Gasteiger partial charge >= 0.3 is 5.97 Å². The van der Waals surface area contributed by atoms with Crippen LogP contribution < -0.4 is 0 Å². The summed E-state index contributed by atoms with van der Waals surface area (Å²) in [6.45, 7) is 3.98. The summed E-state index contributed by atoms with van der Waals surface area (Å²) in [5, 5.41) is 10.1. The number of benzene rings is 2. The van der Waals surface area contributed by atoms with E-state index in [4.69, 9.17) is 0 Å². The SMILES string of the molecule is Cc1ccc(C(C(=O)O)(c2ccccc2)N(C)C)c(C)c1. The molecule has 0 aliphatic carbocycles. The van der Waals surface area contributed by atoms with E-state index in [0.29, 0.717) is 0 Å². The normalized spacial score (nSPS) is 14.0. The molecule has 0 fully saturated rings. The molecule has 1 atom stereocenters. The van der Waals surface area contributed by atoms with E-state index in [-0.39, 0.29) is 0 Å². The fourth-order valence-electron chi connectivity index (χ4n) is 2.98. The van der Waals surface area contributed by atoms with Crippen LogP contribution in [0.3, 0.4) is 0 Å². The number of carboxylic acid groups (broad SMARTS) is 1. The molecule has 0 bridgehead atoms. The van der Waals surface area contributed by atoms with Crippen LogP contribution in [0.4, 0.5) is 0 Å². The lowest BCUT2D eigenvalue weighted by Gasteiger charge is -2.38. The highest BCUT2D eigenvalue weighted by Gasteiger charge is 2.45. The van der Waals surface area contributed by atoms with E-state index < -0.39 is 11.5 Å². The monoisotopic (exact) mass is 283 g/mol. The first kappa shape index (κ1) is 15.3. The Kier molecular flexibility index (Phi) is 4.14. The minimum Gasteiger partial charge on any atom is -0.479 e. The molecule has 110 valence electrons. The van der Waals surface area contributed by atoms with Crippen LogP contribution in [0.5, 0.6) is 0 Å². The third-order valence-electron chi connectivity index (χ3n) is 3.94. The number of nitrogens with zero attached hydrogens (tertiary/aromatic N) is 1. The van der Waals surface area contributed by atoms with Gasteiger partial charge in [-0.2, -0.15) is 0 Å². The van der Waals surface area contributed by atoms with Crippen molar-refractivity contribution in [2.24, 2.45) is 0 Å². The van der Waals surface area contributed by atoms with Crippen LogP contribution in [0.25, 0.3) is 0 Å². The van der Waals surface area contributed by atoms with E-state index in [1.165, 1.54) is 0 Å². The highest BCUT2D eigenvalue weighted by molar-refractivity contribution is 5.86. The highest BCUT2D eigenvalue weighted by atomic mass is 16.4. The Hall–Kier alpha value is -2.13. The average molecular weight is 283 g/mol. The molecule has 2 aromatic rings. The number of hydrogen-bond donors (Lipinski definition) is 1. The van der Waals surface area contributed by atoms with Gasteiger partial charge in [0, 0.05) is 0 Å². The van der Waals surface area contributed by atoms with Gasteiger partial charge in [0.2, 0.25) is 0 Å². The minimum atomic E-state index is -1.18. The maximum absolute atomic E-state index is 12.3. The zero-order valence-corrected chi connectivity index (χ0v) is 12.9. The van der Waals surface area contributed by atoms with Crippen molar-refractivity contribution >= 4 is 5.97 Å². The second kappa shape index (κ2) is 5.70. The molecular weight excluding hydrogens is 262 g/mol. The van der Waals surface area contributed by atoms with Gasteiger partial charge in [0.05, 0.1) is 0 Å². The molecule has 0 aliphatic heterocycles. The number of rotatable bonds is 4. The Bertz CT molecular complexity index is 650. The van der Waals surface area contributed by atoms with Crippen LogP contribution in [0, 0.1) is 13.8 Å². The van der Waals surface area contributed by atoms with Crippen molar-refractivity contribution in [3.05, 3.63) is 70.8 Å². The van der Waals surface area contributed by atoms with Gasteiger partial charge in [0.1, 0.15) is 0 Å². The molecule has 3 heteroatoms. The average Bonchev–Trinajstić information content (AvgIpc) is 2.42. The maximum atomic E-state index is 12.3. The molecule has 0 saturated heterocycles. The van der Waals surface area contributed by atoms with Crippen LogP contribution >= 0.6 is 0 Å². The topological polar surface area (TPSA) is 40.5 Å². The Balaban J connectivity index is 2.81. The van der Waals surface area contributed by atoms with Gasteiger partial charge < -0.3 is 5.11 Å². The largest absolute Gasteiger partial charge is 0.479 e. The summed E-state index contributed by atoms with van der Waals surface area (Å²) in [5.41, 5.74) is 2.49. The van der Waals surface area contributed by atoms with Gasteiger partial charge in [-0.25, -0.2) is 4.79 Å². The van der Waals surface area contributed by atoms with Crippen LogP contribution in [-0.4, -0.2) is 30.1 Å². The lowest BCUT2D eigenvalue weighted by atomic mass is 9.79. The van der Waals surface area contributed by atoms with E-state index in [2.05, 4.69) is 0 Å². The summed E-state index contributed by atoms with van der Waals surface area (Å²) < 4.78 is 0. The molecule has 2 aromatic carbocycles. The first-order chi connectivity index (χ1) is 9.90. The lowest BCUT2D eigenvalue weighted by Crippen LogP contribution is -2.49. The summed E-state index contributed by atoms with van der Waals surface area (Å²) >= 11 is 0. The number of aryl methyl sites for hydroxylation is 2. The van der Waals surface area contributed by atoms with Crippen LogP contribution in [0.2, 0.25) is 0 Å². The predicted molar refractivity (Wildman–Crippen MR) is 84.5 cm³/mol. The van der Waals surface area contributed by atoms with Gasteiger partial charge in [0.25, 0.3) is 0 Å². The van der Waals surface area contributed by atoms with Crippen LogP contribution in [0.1, 0.15) is 22.3 Å². The van der Waals surface area contributed by atoms with E-state index in [9.17, 15) is 9.90 Å². The second-order valence-electron chi connectivity index (χ2n) is 5.59. The number of likely N-dealkylation sites (N-methyl/N-ethyl adjacent to an activating group) is 1. The van der Waals surface area contributed by atoms with Gasteiger partial charge in [-0.1, -0.05) is 54.1 Å². The molecule has 0 spiro atoms. The Morgan fingerprint density at radius 2 is 1.67 bits per heavy atom. The molecule has 21 heavy (non-hydrogen) atoms. The van der Waals surface area contributed by atoms with Crippen molar-refractivity contribution in [2.45, 2.75) is 19.4 Å². The van der Waals surface area contributed by atoms with Crippen molar-refractivity contribution < 1.29 is 9.90 Å². The van der Waals surface area contributed by atoms with E-state index in [0.717, 1.165) is 22.3 Å². The van der Waals surface area contributed by atoms with Crippen molar-refractivity contribution in [1.29, 1.82) is 0 Å². The smallest absolute Gasteiger partial charge is 0.333 e. The third kappa shape index (κ3) is 2.45. The summed E-state index contributed by atoms with van der Waals surface area (Å²) in [5.74, 6) is -0.870. The molecule has 2 rings (SSSR count). The zero-order valence-electron chi connectivity index (χ0n) is 12.9. The number of hydrogen-bond acceptors (Lipinski definition) is 2. The number of carboxylic acids is 1. The van der Waals surface area contributed by atoms with Crippen LogP contribution in [-0.2, 0) is 10.3 Å². The molecule has 0 heterocycles. The summed E-state index contributed by atoms with van der Waals surface area (Å²) in [6, 6.07) is 15.3. The standard InChI is InChI=1S/C18H21NO2/c1-13-10-11-16(14(2)12-13)18(17(20)21,19(3)4)15-8-6-5-7-9-15/h5-12H,1-4H3,(H,20,21). The molecule has 0 aliphatic rings. The number of aliphatic carboxylic acids is 1. The molecule has 1 unspecified atom stereocenters. The molecule has 0 radical (unpaired) electrons. The summed E-state index contributed by atoms with van der Waals surface area (Å²) in [6.07, 6.45) is 0. The predicted octanol–water partition coefficient (Wildman–Crippen LogP) is 3.19. The van der Waals surface area contributed by atoms with E-state index >= 15 is 0 Å². The zero-order chi connectivity index (χ0) is 15.6. The van der Waals surface area contributed by atoms with Gasteiger partial charge in [-0.05, 0) is 44.6 Å². The van der Waals surface area contributed by atoms with E-state index in [1.807, 2.05) is 62.4 Å². The minimum absolute atomic E-state index is 0.759. The second-order valence-corrected chi connectivity index (χ2v) is 5.59. The molecule has 3 nitrogen and oxygen atoms in total. The quantitative estimate of drug-likeness (QED) is 0.936. The third-order valence-corrected chi connectivity index (χ3v) is 3.94. The molecule has 0 saturated carbocycles. The van der Waals surface area contributed by atoms with Crippen molar-refractivity contribution in [1.82, 2.24) is 4.90 Å². The Morgan fingerprint density at radius 3 is 2.14 bits per heavy atom. The van der Waals surface area contributed by atoms with Crippen molar-refractivity contribution in [3.63, 3.8) is 0 Å². The van der Waals surface area contributed by atoms with Crippen molar-refractivity contribution in [2.75, 3.05) is 14.1 Å². The first-order valence-corrected chi connectivity index (χ1v) is 6.94. The van der Waals surface area contributed by atoms with Crippen molar-refractivity contribution in [3.8, 4) is 0 Å². The lowest BCUT2D eigenvalue weighted by molar-refractivity contribution is -0.147. The molecule has 0 aromatic heterocycles. The Labute approximate surface area is 125 Å². The molecular formula is C18H21NO2. The molecule has 1 N–H and O–H groups in total. The van der Waals surface area contributed by atoms with Gasteiger partial charge in [-0.3, -0.25) is 4.90 Å².